The number of methoxy groups -OCH3 is 1. The van der Waals surface area contributed by atoms with E-state index in [0.717, 1.165) is 61.5 Å². The van der Waals surface area contributed by atoms with E-state index in [4.69, 9.17) is 14.5 Å². The quantitative estimate of drug-likeness (QED) is 0.342. The molecule has 0 radical (unpaired) electrons. The second-order valence-corrected chi connectivity index (χ2v) is 9.80. The summed E-state index contributed by atoms with van der Waals surface area (Å²) in [6, 6.07) is 5.91. The maximum Gasteiger partial charge on any atom is 0.325 e. The van der Waals surface area contributed by atoms with Crippen molar-refractivity contribution in [3.05, 3.63) is 23.8 Å². The Kier molecular flexibility index (Phi) is 8.83. The fourth-order valence-corrected chi connectivity index (χ4v) is 5.18. The number of guanidine groups is 1. The van der Waals surface area contributed by atoms with Crippen LogP contribution in [0.5, 0.6) is 5.75 Å². The third-order valence-corrected chi connectivity index (χ3v) is 7.19. The third kappa shape index (κ3) is 6.17. The molecule has 2 fully saturated rings. The Morgan fingerprint density at radius 1 is 1.14 bits per heavy atom. The van der Waals surface area contributed by atoms with Crippen LogP contribution < -0.4 is 4.74 Å². The molecule has 0 spiro atoms. The zero-order valence-electron chi connectivity index (χ0n) is 21.5. The van der Waals surface area contributed by atoms with Gasteiger partial charge in [0, 0.05) is 31.1 Å². The molecule has 2 aliphatic heterocycles. The number of benzene rings is 1. The number of carbonyl (C=O) groups is 3. The van der Waals surface area contributed by atoms with Gasteiger partial charge in [0.1, 0.15) is 18.8 Å². The van der Waals surface area contributed by atoms with Crippen molar-refractivity contribution in [1.29, 1.82) is 0 Å². The molecular weight excluding hydrogens is 460 g/mol. The smallest absolute Gasteiger partial charge is 0.325 e. The Morgan fingerprint density at radius 3 is 2.69 bits per heavy atom. The lowest BCUT2D eigenvalue weighted by Crippen LogP contribution is -2.44. The predicted octanol–water partition coefficient (Wildman–Crippen LogP) is 3.63. The average molecular weight is 499 g/mol. The van der Waals surface area contributed by atoms with Gasteiger partial charge in [0.25, 0.3) is 0 Å². The first-order valence-corrected chi connectivity index (χ1v) is 13.3. The van der Waals surface area contributed by atoms with Crippen LogP contribution in [-0.4, -0.2) is 77.8 Å². The normalized spacial score (nSPS) is 17.4. The van der Waals surface area contributed by atoms with Crippen LogP contribution in [0.1, 0.15) is 70.3 Å². The van der Waals surface area contributed by atoms with Crippen LogP contribution in [0, 0.1) is 0 Å². The maximum atomic E-state index is 12.9. The van der Waals surface area contributed by atoms with Crippen molar-refractivity contribution in [1.82, 2.24) is 14.7 Å². The highest BCUT2D eigenvalue weighted by atomic mass is 16.5. The maximum absolute atomic E-state index is 12.9. The fourth-order valence-electron chi connectivity index (χ4n) is 5.18. The van der Waals surface area contributed by atoms with Gasteiger partial charge >= 0.3 is 5.97 Å². The van der Waals surface area contributed by atoms with Gasteiger partial charge in [-0.1, -0.05) is 32.6 Å². The number of nitrogens with zero attached hydrogens (tertiary/aromatic N) is 4. The van der Waals surface area contributed by atoms with Gasteiger partial charge in [0.15, 0.2) is 0 Å². The number of hydrogen-bond acceptors (Lipinski definition) is 7. The second kappa shape index (κ2) is 12.2. The zero-order valence-corrected chi connectivity index (χ0v) is 21.5. The molecule has 196 valence electrons. The SMILES string of the molecule is CCCCN1C(=O)CN2Cc3cc(OCCCC(=O)N(CC(=O)OC)C4CCCCC4)ccc3N=C21. The Morgan fingerprint density at radius 2 is 1.94 bits per heavy atom. The molecule has 3 aliphatic rings. The molecule has 0 bridgehead atoms. The van der Waals surface area contributed by atoms with E-state index in [1.54, 1.807) is 9.80 Å². The van der Waals surface area contributed by atoms with Gasteiger partial charge in [0.05, 0.1) is 19.4 Å². The lowest BCUT2D eigenvalue weighted by molar-refractivity contribution is -0.149. The van der Waals surface area contributed by atoms with Crippen LogP contribution in [0.4, 0.5) is 5.69 Å². The second-order valence-electron chi connectivity index (χ2n) is 9.80. The topological polar surface area (TPSA) is 91.8 Å². The number of carbonyl (C=O) groups excluding carboxylic acids is 3. The molecule has 1 aliphatic carbocycles. The van der Waals surface area contributed by atoms with Crippen LogP contribution >= 0.6 is 0 Å². The van der Waals surface area contributed by atoms with Crippen molar-refractivity contribution in [2.24, 2.45) is 4.99 Å². The molecule has 2 heterocycles. The van der Waals surface area contributed by atoms with Crippen LogP contribution in [0.3, 0.4) is 0 Å². The van der Waals surface area contributed by atoms with E-state index in [2.05, 4.69) is 6.92 Å². The van der Waals surface area contributed by atoms with Crippen LogP contribution in [0.15, 0.2) is 23.2 Å². The van der Waals surface area contributed by atoms with E-state index in [0.29, 0.717) is 39.1 Å². The van der Waals surface area contributed by atoms with E-state index in [-0.39, 0.29) is 30.4 Å². The molecule has 1 saturated carbocycles. The number of unbranched alkanes of at least 4 members (excludes halogenated alkanes) is 1. The monoisotopic (exact) mass is 498 g/mol. The number of ether oxygens (including phenoxy) is 2. The Labute approximate surface area is 213 Å². The molecule has 9 heteroatoms. The lowest BCUT2D eigenvalue weighted by atomic mass is 9.94. The van der Waals surface area contributed by atoms with E-state index in [1.165, 1.54) is 13.5 Å². The van der Waals surface area contributed by atoms with Gasteiger partial charge in [-0.3, -0.25) is 19.3 Å². The van der Waals surface area contributed by atoms with Crippen LogP contribution in [-0.2, 0) is 25.7 Å². The van der Waals surface area contributed by atoms with Gasteiger partial charge in [-0.05, 0) is 43.9 Å². The first-order valence-electron chi connectivity index (χ1n) is 13.3. The van der Waals surface area contributed by atoms with Gasteiger partial charge in [0.2, 0.25) is 17.8 Å². The summed E-state index contributed by atoms with van der Waals surface area (Å²) in [6.07, 6.45) is 8.13. The van der Waals surface area contributed by atoms with Crippen molar-refractivity contribution < 1.29 is 23.9 Å². The van der Waals surface area contributed by atoms with Crippen molar-refractivity contribution in [2.45, 2.75) is 77.3 Å². The molecule has 4 rings (SSSR count). The number of rotatable bonds is 11. The number of hydrogen-bond donors (Lipinski definition) is 0. The number of fused-ring (bicyclic) bond motifs is 2. The van der Waals surface area contributed by atoms with Crippen LogP contribution in [0.2, 0.25) is 0 Å². The summed E-state index contributed by atoms with van der Waals surface area (Å²) in [5.74, 6) is 1.19. The highest BCUT2D eigenvalue weighted by Crippen LogP contribution is 2.32. The predicted molar refractivity (Wildman–Crippen MR) is 136 cm³/mol. The molecule has 0 atom stereocenters. The largest absolute Gasteiger partial charge is 0.494 e. The van der Waals surface area contributed by atoms with E-state index in [9.17, 15) is 14.4 Å². The molecule has 1 aromatic carbocycles. The van der Waals surface area contributed by atoms with Gasteiger partial charge in [-0.2, -0.15) is 0 Å². The molecule has 0 N–H and O–H groups in total. The van der Waals surface area contributed by atoms with Crippen molar-refractivity contribution in [2.75, 3.05) is 33.4 Å². The Balaban J connectivity index is 1.30. The highest BCUT2D eigenvalue weighted by Gasteiger charge is 2.36. The zero-order chi connectivity index (χ0) is 25.5. The molecule has 36 heavy (non-hydrogen) atoms. The van der Waals surface area contributed by atoms with E-state index >= 15 is 0 Å². The minimum absolute atomic E-state index is 0.0169. The van der Waals surface area contributed by atoms with Gasteiger partial charge in [-0.15, -0.1) is 0 Å². The Bertz CT molecular complexity index is 988. The molecule has 1 saturated heterocycles. The van der Waals surface area contributed by atoms with Crippen molar-refractivity contribution in [3.8, 4) is 5.75 Å². The minimum atomic E-state index is -0.377. The van der Waals surface area contributed by atoms with Crippen molar-refractivity contribution in [3.63, 3.8) is 0 Å². The standard InChI is InChI=1S/C27H38N4O5/c1-3-4-14-30-25(33)18-29-17-20-16-22(12-13-23(20)28-27(29)30)36-15-8-11-24(32)31(19-26(34)35-2)21-9-6-5-7-10-21/h12-13,16,21H,3-11,14-15,17-19H2,1-2H3. The molecule has 0 unspecified atom stereocenters. The fraction of sp³-hybridized carbons (Fsp3) is 0.630. The summed E-state index contributed by atoms with van der Waals surface area (Å²) < 4.78 is 10.8. The first kappa shape index (κ1) is 26.0. The van der Waals surface area contributed by atoms with Crippen LogP contribution in [0.25, 0.3) is 0 Å². The van der Waals surface area contributed by atoms with E-state index < -0.39 is 0 Å². The van der Waals surface area contributed by atoms with Crippen molar-refractivity contribution >= 4 is 29.4 Å². The van der Waals surface area contributed by atoms with Gasteiger partial charge < -0.3 is 19.3 Å². The molecule has 9 nitrogen and oxygen atoms in total. The molecule has 1 aromatic rings. The summed E-state index contributed by atoms with van der Waals surface area (Å²) in [5.41, 5.74) is 1.89. The summed E-state index contributed by atoms with van der Waals surface area (Å²) in [6.45, 7) is 4.23. The van der Waals surface area contributed by atoms with Gasteiger partial charge in [-0.25, -0.2) is 4.99 Å². The summed E-state index contributed by atoms with van der Waals surface area (Å²) in [4.78, 5) is 47.5. The number of amides is 2. The molecule has 0 aromatic heterocycles. The summed E-state index contributed by atoms with van der Waals surface area (Å²) in [7, 11) is 1.36. The lowest BCUT2D eigenvalue weighted by Gasteiger charge is -2.33. The minimum Gasteiger partial charge on any atom is -0.494 e. The third-order valence-electron chi connectivity index (χ3n) is 7.19. The average Bonchev–Trinajstić information content (AvgIpc) is 3.20. The molecule has 2 amide bonds. The van der Waals surface area contributed by atoms with E-state index in [1.807, 2.05) is 23.1 Å². The summed E-state index contributed by atoms with van der Waals surface area (Å²) >= 11 is 0. The number of aliphatic imine (C=N–C) groups is 1. The molecular formula is C27H38N4O5. The Hall–Kier alpha value is -3.10. The first-order chi connectivity index (χ1) is 17.5. The summed E-state index contributed by atoms with van der Waals surface area (Å²) in [5, 5.41) is 0. The highest BCUT2D eigenvalue weighted by molar-refractivity contribution is 6.05. The number of esters is 1.